The van der Waals surface area contributed by atoms with Gasteiger partial charge in [0.25, 0.3) is 5.91 Å². The molecule has 1 saturated heterocycles. The molecule has 0 radical (unpaired) electrons. The van der Waals surface area contributed by atoms with E-state index in [1.54, 1.807) is 19.1 Å². The van der Waals surface area contributed by atoms with Crippen molar-refractivity contribution >= 4 is 18.0 Å². The van der Waals surface area contributed by atoms with Crippen molar-refractivity contribution in [3.63, 3.8) is 0 Å². The molecule has 3 aromatic carbocycles. The topological polar surface area (TPSA) is 99.3 Å². The Kier molecular flexibility index (Phi) is 5.29. The maximum atomic E-state index is 12.6. The van der Waals surface area contributed by atoms with Crippen LogP contribution in [0.3, 0.4) is 0 Å². The molecule has 36 heavy (non-hydrogen) atoms. The lowest BCUT2D eigenvalue weighted by Gasteiger charge is -2.45. The van der Waals surface area contributed by atoms with Crippen molar-refractivity contribution in [1.29, 1.82) is 0 Å². The second kappa shape index (κ2) is 8.52. The number of fused-ring (bicyclic) bond motifs is 1. The molecule has 1 fully saturated rings. The van der Waals surface area contributed by atoms with E-state index in [0.29, 0.717) is 36.4 Å². The van der Waals surface area contributed by atoms with E-state index < -0.39 is 11.6 Å². The average molecular weight is 481 g/mol. The van der Waals surface area contributed by atoms with Gasteiger partial charge in [0.1, 0.15) is 5.54 Å². The summed E-state index contributed by atoms with van der Waals surface area (Å²) in [5.41, 5.74) is 6.13. The van der Waals surface area contributed by atoms with Gasteiger partial charge in [-0.05, 0) is 52.6 Å². The second-order valence-electron chi connectivity index (χ2n) is 10.1. The molecule has 7 heteroatoms. The van der Waals surface area contributed by atoms with E-state index in [0.717, 1.165) is 12.0 Å². The summed E-state index contributed by atoms with van der Waals surface area (Å²) in [7, 11) is 0. The summed E-state index contributed by atoms with van der Waals surface area (Å²) < 4.78 is 0. The molecule has 3 aromatic rings. The second-order valence-corrected chi connectivity index (χ2v) is 10.1. The summed E-state index contributed by atoms with van der Waals surface area (Å²) in [6.07, 6.45) is 1.03. The van der Waals surface area contributed by atoms with Gasteiger partial charge in [-0.2, -0.15) is 0 Å². The largest absolute Gasteiger partial charge is 0.338 e. The van der Waals surface area contributed by atoms with E-state index in [1.165, 1.54) is 22.3 Å². The van der Waals surface area contributed by atoms with Gasteiger partial charge in [0.05, 0.1) is 0 Å². The van der Waals surface area contributed by atoms with Gasteiger partial charge in [-0.25, -0.2) is 9.59 Å². The maximum absolute atomic E-state index is 12.6. The molecule has 7 rings (SSSR count). The molecular formula is C29H28N4O3. The Labute approximate surface area is 209 Å². The van der Waals surface area contributed by atoms with Crippen LogP contribution in [0.25, 0.3) is 0 Å². The van der Waals surface area contributed by atoms with Crippen LogP contribution in [0.5, 0.6) is 0 Å². The number of hydrogen-bond acceptors (Lipinski definition) is 3. The zero-order valence-electron chi connectivity index (χ0n) is 20.0. The summed E-state index contributed by atoms with van der Waals surface area (Å²) in [5.74, 6) is 0.645. The minimum Gasteiger partial charge on any atom is -0.338 e. The molecule has 4 N–H and O–H groups in total. The summed E-state index contributed by atoms with van der Waals surface area (Å²) >= 11 is 0. The van der Waals surface area contributed by atoms with E-state index in [2.05, 4.69) is 69.8 Å². The highest BCUT2D eigenvalue weighted by molar-refractivity contribution is 6.07. The van der Waals surface area contributed by atoms with E-state index >= 15 is 0 Å². The molecule has 1 aliphatic heterocycles. The van der Waals surface area contributed by atoms with Gasteiger partial charge in [0, 0.05) is 24.9 Å². The number of benzene rings is 3. The molecule has 2 unspecified atom stereocenters. The maximum Gasteiger partial charge on any atom is 0.322 e. The lowest BCUT2D eigenvalue weighted by atomic mass is 9.59. The molecule has 5 amide bonds. The minimum atomic E-state index is -1.09. The van der Waals surface area contributed by atoms with Crippen molar-refractivity contribution < 1.29 is 14.4 Å². The van der Waals surface area contributed by atoms with Crippen LogP contribution in [0, 0.1) is 5.92 Å². The molecule has 0 spiro atoms. The van der Waals surface area contributed by atoms with Crippen LogP contribution >= 0.6 is 0 Å². The summed E-state index contributed by atoms with van der Waals surface area (Å²) in [6, 6.07) is 24.0. The monoisotopic (exact) mass is 480 g/mol. The molecule has 1 heterocycles. The zero-order chi connectivity index (χ0) is 24.9. The van der Waals surface area contributed by atoms with Crippen LogP contribution in [0.4, 0.5) is 9.59 Å². The van der Waals surface area contributed by atoms with Gasteiger partial charge in [-0.3, -0.25) is 10.1 Å². The quantitative estimate of drug-likeness (QED) is 0.418. The molecule has 7 nitrogen and oxygen atoms in total. The van der Waals surface area contributed by atoms with E-state index in [9.17, 15) is 14.4 Å². The third-order valence-corrected chi connectivity index (χ3v) is 7.98. The number of hydrogen-bond donors (Lipinski definition) is 4. The van der Waals surface area contributed by atoms with Crippen molar-refractivity contribution in [2.24, 2.45) is 5.92 Å². The highest BCUT2D eigenvalue weighted by Gasteiger charge is 2.44. The predicted octanol–water partition coefficient (Wildman–Crippen LogP) is 3.84. The first-order valence-electron chi connectivity index (χ1n) is 12.4. The van der Waals surface area contributed by atoms with Gasteiger partial charge in [-0.1, -0.05) is 72.8 Å². The zero-order valence-corrected chi connectivity index (χ0v) is 20.0. The van der Waals surface area contributed by atoms with Crippen molar-refractivity contribution in [3.05, 3.63) is 106 Å². The van der Waals surface area contributed by atoms with Crippen LogP contribution < -0.4 is 21.3 Å². The Hall–Kier alpha value is -4.13. The Morgan fingerprint density at radius 3 is 2.08 bits per heavy atom. The predicted molar refractivity (Wildman–Crippen MR) is 135 cm³/mol. The third-order valence-electron chi connectivity index (χ3n) is 7.98. The number of urea groups is 2. The normalized spacial score (nSPS) is 25.4. The Bertz CT molecular complexity index is 1320. The van der Waals surface area contributed by atoms with Crippen molar-refractivity contribution in [2.75, 3.05) is 6.54 Å². The van der Waals surface area contributed by atoms with Crippen LogP contribution in [0.1, 0.15) is 58.6 Å². The van der Waals surface area contributed by atoms with Crippen molar-refractivity contribution in [1.82, 2.24) is 21.3 Å². The van der Waals surface area contributed by atoms with Gasteiger partial charge in [0.15, 0.2) is 0 Å². The van der Waals surface area contributed by atoms with Gasteiger partial charge < -0.3 is 16.0 Å². The minimum absolute atomic E-state index is 0.198. The van der Waals surface area contributed by atoms with Gasteiger partial charge in [0.2, 0.25) is 0 Å². The fourth-order valence-corrected chi connectivity index (χ4v) is 6.13. The third kappa shape index (κ3) is 3.63. The van der Waals surface area contributed by atoms with Crippen LogP contribution in [0.2, 0.25) is 0 Å². The number of imide groups is 1. The van der Waals surface area contributed by atoms with E-state index in [-0.39, 0.29) is 11.9 Å². The lowest BCUT2D eigenvalue weighted by molar-refractivity contribution is -0.123. The molecule has 4 aliphatic rings. The van der Waals surface area contributed by atoms with E-state index in [4.69, 9.17) is 0 Å². The molecule has 0 saturated carbocycles. The first-order chi connectivity index (χ1) is 17.4. The van der Waals surface area contributed by atoms with Gasteiger partial charge >= 0.3 is 12.1 Å². The lowest BCUT2D eigenvalue weighted by Crippen LogP contribution is -2.42. The molecular weight excluding hydrogens is 452 g/mol. The van der Waals surface area contributed by atoms with E-state index in [1.807, 2.05) is 12.1 Å². The van der Waals surface area contributed by atoms with Crippen LogP contribution in [-0.2, 0) is 16.9 Å². The Morgan fingerprint density at radius 1 is 0.889 bits per heavy atom. The molecule has 182 valence electrons. The van der Waals surface area contributed by atoms with Gasteiger partial charge in [-0.15, -0.1) is 0 Å². The fraction of sp³-hybridized carbons (Fsp3) is 0.276. The van der Waals surface area contributed by atoms with Crippen molar-refractivity contribution in [3.8, 4) is 0 Å². The number of rotatable bonds is 5. The highest BCUT2D eigenvalue weighted by atomic mass is 16.2. The summed E-state index contributed by atoms with van der Waals surface area (Å²) in [5, 5.41) is 11.0. The number of carbonyl (C=O) groups is 3. The summed E-state index contributed by atoms with van der Waals surface area (Å²) in [4.78, 5) is 36.3. The Morgan fingerprint density at radius 2 is 1.50 bits per heavy atom. The SMILES string of the molecule is CC1(c2ccc(CNC(=O)NCC3CC4c5ccccc5C3c3ccccc34)cc2)NC(=O)NC1=O. The Balaban J connectivity index is 1.08. The van der Waals surface area contributed by atoms with Crippen molar-refractivity contribution in [2.45, 2.75) is 37.3 Å². The molecule has 2 atom stereocenters. The standard InChI is InChI=1S/C29H28N4O3/c1-29(26(34)32-28(36)33-29)19-12-10-17(11-13-19)15-30-27(35)31-16-18-14-24-20-6-2-4-8-22(20)25(18)23-9-5-3-7-21(23)24/h2-13,18,24-25H,14-16H2,1H3,(H2,30,31,35)(H2,32,33,34,36). The first kappa shape index (κ1) is 22.3. The summed E-state index contributed by atoms with van der Waals surface area (Å²) in [6.45, 7) is 2.65. The number of nitrogens with one attached hydrogen (secondary N) is 4. The number of carbonyl (C=O) groups excluding carboxylic acids is 3. The molecule has 3 aliphatic carbocycles. The molecule has 2 bridgehead atoms. The smallest absolute Gasteiger partial charge is 0.322 e. The fourth-order valence-electron chi connectivity index (χ4n) is 6.13. The molecule has 0 aromatic heterocycles. The number of amides is 5. The van der Waals surface area contributed by atoms with Crippen LogP contribution in [0.15, 0.2) is 72.8 Å². The van der Waals surface area contributed by atoms with Crippen LogP contribution in [-0.4, -0.2) is 24.5 Å². The first-order valence-corrected chi connectivity index (χ1v) is 12.4. The highest BCUT2D eigenvalue weighted by Crippen LogP contribution is 2.55. The average Bonchev–Trinajstić information content (AvgIpc) is 3.18.